The van der Waals surface area contributed by atoms with Crippen LogP contribution in [0.5, 0.6) is 0 Å². The highest BCUT2D eigenvalue weighted by Crippen LogP contribution is 2.19. The molecule has 1 aromatic carbocycles. The van der Waals surface area contributed by atoms with Crippen molar-refractivity contribution in [2.45, 2.75) is 0 Å². The number of carbonyl (C=O) groups excluding carboxylic acids is 1. The van der Waals surface area contributed by atoms with E-state index in [1.165, 1.54) is 0 Å². The highest BCUT2D eigenvalue weighted by molar-refractivity contribution is 14.1. The van der Waals surface area contributed by atoms with E-state index in [0.29, 0.717) is 0 Å². The Morgan fingerprint density at radius 2 is 1.73 bits per heavy atom. The topological polar surface area (TPSA) is 17.1 Å². The van der Waals surface area contributed by atoms with Gasteiger partial charge in [0.05, 0.1) is 2.88 Å². The van der Waals surface area contributed by atoms with Gasteiger partial charge in [-0.05, 0) is 75.5 Å². The number of halogens is 2. The molecule has 0 aliphatic heterocycles. The van der Waals surface area contributed by atoms with Crippen molar-refractivity contribution in [3.63, 3.8) is 0 Å². The van der Waals surface area contributed by atoms with Crippen molar-refractivity contribution in [1.82, 2.24) is 0 Å². The second-order valence-electron chi connectivity index (χ2n) is 2.98. The Kier molecular flexibility index (Phi) is 3.78. The van der Waals surface area contributed by atoms with Crippen LogP contribution in [0.1, 0.15) is 15.9 Å². The molecular formula is C11H6I2OS. The normalized spacial score (nSPS) is 10.3. The summed E-state index contributed by atoms with van der Waals surface area (Å²) in [7, 11) is 0. The minimum atomic E-state index is 0.102. The van der Waals surface area contributed by atoms with Gasteiger partial charge >= 0.3 is 0 Å². The Balaban J connectivity index is 2.32. The summed E-state index contributed by atoms with van der Waals surface area (Å²) in [5.41, 5.74) is 1.54. The maximum atomic E-state index is 12.0. The molecule has 0 aliphatic carbocycles. The van der Waals surface area contributed by atoms with Gasteiger partial charge in [0.15, 0.2) is 5.78 Å². The van der Waals surface area contributed by atoms with E-state index in [4.69, 9.17) is 0 Å². The Morgan fingerprint density at radius 1 is 1.07 bits per heavy atom. The lowest BCUT2D eigenvalue weighted by Crippen LogP contribution is -1.98. The van der Waals surface area contributed by atoms with Crippen LogP contribution in [0.15, 0.2) is 35.7 Å². The molecule has 0 radical (unpaired) electrons. The smallest absolute Gasteiger partial charge is 0.193 e. The molecule has 1 nitrogen and oxygen atoms in total. The predicted octanol–water partition coefficient (Wildman–Crippen LogP) is 4.19. The van der Waals surface area contributed by atoms with Crippen molar-refractivity contribution in [2.75, 3.05) is 0 Å². The Hall–Kier alpha value is 0.0500. The highest BCUT2D eigenvalue weighted by atomic mass is 127. The molecule has 1 aromatic heterocycles. The molecular weight excluding hydrogens is 434 g/mol. The van der Waals surface area contributed by atoms with Gasteiger partial charge < -0.3 is 0 Å². The molecule has 76 valence electrons. The molecule has 0 spiro atoms. The summed E-state index contributed by atoms with van der Waals surface area (Å²) in [5, 5.41) is 1.90. The first-order valence-corrected chi connectivity index (χ1v) is 7.25. The van der Waals surface area contributed by atoms with Crippen LogP contribution in [0.25, 0.3) is 0 Å². The van der Waals surface area contributed by atoms with Crippen LogP contribution in [-0.4, -0.2) is 5.78 Å². The van der Waals surface area contributed by atoms with E-state index in [9.17, 15) is 4.79 Å². The summed E-state index contributed by atoms with van der Waals surface area (Å²) in [5.74, 6) is 0.102. The first-order valence-electron chi connectivity index (χ1n) is 4.21. The molecule has 15 heavy (non-hydrogen) atoms. The van der Waals surface area contributed by atoms with E-state index in [2.05, 4.69) is 45.2 Å². The second-order valence-corrected chi connectivity index (χ2v) is 7.03. The zero-order valence-corrected chi connectivity index (χ0v) is 12.7. The third-order valence-corrected chi connectivity index (χ3v) is 4.44. The monoisotopic (exact) mass is 440 g/mol. The highest BCUT2D eigenvalue weighted by Gasteiger charge is 2.10. The molecule has 0 unspecified atom stereocenters. The SMILES string of the molecule is O=C(c1ccc(I)cc1)c1csc(I)c1. The molecule has 0 aliphatic rings. The molecule has 4 heteroatoms. The molecule has 0 N–H and O–H groups in total. The van der Waals surface area contributed by atoms with Gasteiger partial charge in [0.1, 0.15) is 0 Å². The first-order chi connectivity index (χ1) is 7.16. The van der Waals surface area contributed by atoms with Crippen LogP contribution < -0.4 is 0 Å². The fraction of sp³-hybridized carbons (Fsp3) is 0. The summed E-state index contributed by atoms with van der Waals surface area (Å²) in [6, 6.07) is 9.56. The van der Waals surface area contributed by atoms with Crippen molar-refractivity contribution in [3.05, 3.63) is 53.3 Å². The van der Waals surface area contributed by atoms with Crippen molar-refractivity contribution in [2.24, 2.45) is 0 Å². The Bertz CT molecular complexity index is 488. The number of thiophene rings is 1. The fourth-order valence-corrected chi connectivity index (χ4v) is 2.88. The van der Waals surface area contributed by atoms with Gasteiger partial charge in [-0.1, -0.05) is 0 Å². The first kappa shape index (κ1) is 11.5. The average Bonchev–Trinajstić information content (AvgIpc) is 2.65. The molecule has 0 fully saturated rings. The third-order valence-electron chi connectivity index (χ3n) is 1.94. The quantitative estimate of drug-likeness (QED) is 0.506. The lowest BCUT2D eigenvalue weighted by atomic mass is 10.1. The van der Waals surface area contributed by atoms with Gasteiger partial charge in [-0.15, -0.1) is 11.3 Å². The van der Waals surface area contributed by atoms with Crippen LogP contribution in [0.2, 0.25) is 0 Å². The second kappa shape index (κ2) is 4.92. The lowest BCUT2D eigenvalue weighted by Gasteiger charge is -1.97. The number of rotatable bonds is 2. The van der Waals surface area contributed by atoms with Gasteiger partial charge in [0.2, 0.25) is 0 Å². The van der Waals surface area contributed by atoms with Crippen LogP contribution in [0.3, 0.4) is 0 Å². The van der Waals surface area contributed by atoms with Crippen molar-refractivity contribution < 1.29 is 4.79 Å². The van der Waals surface area contributed by atoms with Gasteiger partial charge in [-0.2, -0.15) is 0 Å². The lowest BCUT2D eigenvalue weighted by molar-refractivity contribution is 0.103. The zero-order valence-electron chi connectivity index (χ0n) is 7.54. The van der Waals surface area contributed by atoms with Crippen LogP contribution in [-0.2, 0) is 0 Å². The van der Waals surface area contributed by atoms with Crippen molar-refractivity contribution in [3.8, 4) is 0 Å². The minimum Gasteiger partial charge on any atom is -0.289 e. The number of carbonyl (C=O) groups is 1. The molecule has 0 saturated carbocycles. The minimum absolute atomic E-state index is 0.102. The molecule has 2 aromatic rings. The Labute approximate surface area is 119 Å². The van der Waals surface area contributed by atoms with Gasteiger partial charge in [0, 0.05) is 20.1 Å². The number of ketones is 1. The van der Waals surface area contributed by atoms with E-state index in [-0.39, 0.29) is 5.78 Å². The average molecular weight is 440 g/mol. The maximum absolute atomic E-state index is 12.0. The predicted molar refractivity (Wildman–Crippen MR) is 79.6 cm³/mol. The van der Waals surface area contributed by atoms with Crippen LogP contribution in [0, 0.1) is 6.45 Å². The molecule has 2 rings (SSSR count). The van der Waals surface area contributed by atoms with E-state index in [0.717, 1.165) is 17.6 Å². The summed E-state index contributed by atoms with van der Waals surface area (Å²) in [6.07, 6.45) is 0. The number of hydrogen-bond acceptors (Lipinski definition) is 2. The van der Waals surface area contributed by atoms with E-state index >= 15 is 0 Å². The molecule has 1 heterocycles. The standard InChI is InChI=1S/C11H6I2OS/c12-9-3-1-7(2-4-9)11(14)8-5-10(13)15-6-8/h1-6H. The van der Waals surface area contributed by atoms with Gasteiger partial charge in [-0.3, -0.25) is 4.79 Å². The summed E-state index contributed by atoms with van der Waals surface area (Å²) in [4.78, 5) is 12.0. The zero-order chi connectivity index (χ0) is 10.8. The van der Waals surface area contributed by atoms with Crippen LogP contribution >= 0.6 is 56.5 Å². The summed E-state index contributed by atoms with van der Waals surface area (Å²) in [6.45, 7) is 0. The van der Waals surface area contributed by atoms with E-state index in [1.807, 2.05) is 35.7 Å². The molecule has 0 amide bonds. The number of hydrogen-bond donors (Lipinski definition) is 0. The molecule has 0 atom stereocenters. The largest absolute Gasteiger partial charge is 0.289 e. The van der Waals surface area contributed by atoms with Gasteiger partial charge in [-0.25, -0.2) is 0 Å². The van der Waals surface area contributed by atoms with Crippen LogP contribution in [0.4, 0.5) is 0 Å². The summed E-state index contributed by atoms with van der Waals surface area (Å²) >= 11 is 6.05. The van der Waals surface area contributed by atoms with E-state index in [1.54, 1.807) is 11.3 Å². The van der Waals surface area contributed by atoms with Crippen molar-refractivity contribution in [1.29, 1.82) is 0 Å². The third kappa shape index (κ3) is 2.79. The van der Waals surface area contributed by atoms with Gasteiger partial charge in [0.25, 0.3) is 0 Å². The van der Waals surface area contributed by atoms with Crippen molar-refractivity contribution >= 4 is 62.3 Å². The maximum Gasteiger partial charge on any atom is 0.193 e. The fourth-order valence-electron chi connectivity index (χ4n) is 1.20. The van der Waals surface area contributed by atoms with E-state index < -0.39 is 0 Å². The molecule has 0 bridgehead atoms. The number of benzene rings is 1. The Morgan fingerprint density at radius 3 is 2.27 bits per heavy atom. The summed E-state index contributed by atoms with van der Waals surface area (Å²) < 4.78 is 2.28. The molecule has 0 saturated heterocycles.